The lowest BCUT2D eigenvalue weighted by atomic mass is 9.78. The lowest BCUT2D eigenvalue weighted by Gasteiger charge is -2.33. The van der Waals surface area contributed by atoms with E-state index < -0.39 is 23.6 Å². The number of rotatable bonds is 4. The van der Waals surface area contributed by atoms with Crippen molar-refractivity contribution in [3.8, 4) is 5.75 Å². The molecule has 6 nitrogen and oxygen atoms in total. The molecule has 3 N–H and O–H groups in total. The highest BCUT2D eigenvalue weighted by atomic mass is 35.5. The Hall–Kier alpha value is -2.02. The number of aromatic hydroxyl groups is 1. The molecule has 26 heavy (non-hydrogen) atoms. The molecule has 3 rings (SSSR count). The number of benzene rings is 1. The lowest BCUT2D eigenvalue weighted by Crippen LogP contribution is -2.40. The summed E-state index contributed by atoms with van der Waals surface area (Å²) in [7, 11) is 0. The molecular weight excluding hydrogens is 363 g/mol. The summed E-state index contributed by atoms with van der Waals surface area (Å²) in [4.78, 5) is 24.9. The summed E-state index contributed by atoms with van der Waals surface area (Å²) in [5, 5.41) is 20.9. The van der Waals surface area contributed by atoms with E-state index in [1.807, 2.05) is 6.92 Å². The van der Waals surface area contributed by atoms with Gasteiger partial charge in [0.25, 0.3) is 5.91 Å². The van der Waals surface area contributed by atoms with Crippen molar-refractivity contribution in [3.63, 3.8) is 0 Å². The van der Waals surface area contributed by atoms with Gasteiger partial charge in [-0.3, -0.25) is 4.79 Å². The van der Waals surface area contributed by atoms with Gasteiger partial charge in [0.05, 0.1) is 10.6 Å². The van der Waals surface area contributed by atoms with Gasteiger partial charge in [0, 0.05) is 19.1 Å². The van der Waals surface area contributed by atoms with Crippen molar-refractivity contribution >= 4 is 23.6 Å². The third-order valence-corrected chi connectivity index (χ3v) is 5.85. The lowest BCUT2D eigenvalue weighted by molar-refractivity contribution is 0.0720. The quantitative estimate of drug-likeness (QED) is 0.739. The third-order valence-electron chi connectivity index (χ3n) is 5.57. The van der Waals surface area contributed by atoms with Crippen molar-refractivity contribution in [2.24, 2.45) is 11.8 Å². The van der Waals surface area contributed by atoms with Crippen LogP contribution < -0.4 is 5.32 Å². The fourth-order valence-corrected chi connectivity index (χ4v) is 4.31. The zero-order valence-corrected chi connectivity index (χ0v) is 15.2. The first-order valence-corrected chi connectivity index (χ1v) is 9.14. The van der Waals surface area contributed by atoms with Crippen LogP contribution in [0.3, 0.4) is 0 Å². The van der Waals surface area contributed by atoms with E-state index in [1.165, 1.54) is 6.07 Å². The number of halogens is 2. The molecule has 1 aliphatic carbocycles. The predicted molar refractivity (Wildman–Crippen MR) is 93.9 cm³/mol. The highest BCUT2D eigenvalue weighted by molar-refractivity contribution is 6.32. The van der Waals surface area contributed by atoms with E-state index >= 15 is 0 Å². The summed E-state index contributed by atoms with van der Waals surface area (Å²) in [6, 6.07) is 1.36. The van der Waals surface area contributed by atoms with Crippen LogP contribution in [0.25, 0.3) is 0 Å². The Bertz CT molecular complexity index is 734. The van der Waals surface area contributed by atoms with Gasteiger partial charge >= 0.3 is 6.09 Å². The first kappa shape index (κ1) is 18.8. The Kier molecular flexibility index (Phi) is 5.27. The van der Waals surface area contributed by atoms with Crippen LogP contribution in [0.2, 0.25) is 5.02 Å². The summed E-state index contributed by atoms with van der Waals surface area (Å²) in [6.07, 6.45) is 2.56. The Labute approximate surface area is 155 Å². The molecule has 0 bridgehead atoms. The van der Waals surface area contributed by atoms with E-state index in [4.69, 9.17) is 16.7 Å². The van der Waals surface area contributed by atoms with Crippen LogP contribution in [0.15, 0.2) is 6.07 Å². The second-order valence-electron chi connectivity index (χ2n) is 7.26. The van der Waals surface area contributed by atoms with Crippen molar-refractivity contribution < 1.29 is 24.2 Å². The molecule has 2 aliphatic rings. The first-order chi connectivity index (χ1) is 12.3. The minimum atomic E-state index is -1.01. The molecule has 8 heteroatoms. The second kappa shape index (κ2) is 7.31. The molecule has 142 valence electrons. The van der Waals surface area contributed by atoms with Gasteiger partial charge in [-0.2, -0.15) is 0 Å². The van der Waals surface area contributed by atoms with Gasteiger partial charge in [0.1, 0.15) is 0 Å². The van der Waals surface area contributed by atoms with Gasteiger partial charge in [-0.15, -0.1) is 0 Å². The number of carboxylic acid groups (broad SMARTS) is 1. The molecule has 2 amide bonds. The van der Waals surface area contributed by atoms with Crippen LogP contribution in [0.4, 0.5) is 9.18 Å². The van der Waals surface area contributed by atoms with Crippen LogP contribution in [0.5, 0.6) is 5.75 Å². The molecule has 1 heterocycles. The number of phenolic OH excluding ortho intramolecular Hbond substituents is 1. The average Bonchev–Trinajstić information content (AvgIpc) is 2.88. The molecule has 1 atom stereocenters. The topological polar surface area (TPSA) is 89.9 Å². The normalized spacial score (nSPS) is 23.7. The highest BCUT2D eigenvalue weighted by Crippen LogP contribution is 2.37. The number of nitrogens with one attached hydrogen (secondary N) is 1. The van der Waals surface area contributed by atoms with Gasteiger partial charge in [0.15, 0.2) is 11.6 Å². The molecule has 0 saturated heterocycles. The van der Waals surface area contributed by atoms with Gasteiger partial charge in [-0.1, -0.05) is 11.6 Å². The van der Waals surface area contributed by atoms with Gasteiger partial charge < -0.3 is 20.4 Å². The van der Waals surface area contributed by atoms with Gasteiger partial charge in [-0.05, 0) is 56.1 Å². The molecule has 1 unspecified atom stereocenters. The number of nitrogens with zero attached hydrogens (tertiary/aromatic N) is 1. The minimum absolute atomic E-state index is 0.0835. The molecule has 1 saturated carbocycles. The number of hydrogen-bond donors (Lipinski definition) is 3. The number of hydrogen-bond acceptors (Lipinski definition) is 3. The van der Waals surface area contributed by atoms with E-state index in [1.54, 1.807) is 4.90 Å². The third kappa shape index (κ3) is 3.58. The van der Waals surface area contributed by atoms with E-state index in [0.717, 1.165) is 25.7 Å². The zero-order chi connectivity index (χ0) is 19.0. The fraction of sp³-hybridized carbons (Fsp3) is 0.556. The van der Waals surface area contributed by atoms with Crippen molar-refractivity contribution in [2.75, 3.05) is 6.54 Å². The molecule has 0 radical (unpaired) electrons. The van der Waals surface area contributed by atoms with Crippen LogP contribution in [-0.4, -0.2) is 39.7 Å². The number of phenols is 1. The fourth-order valence-electron chi connectivity index (χ4n) is 4.09. The maximum Gasteiger partial charge on any atom is 0.404 e. The molecular formula is C18H22ClFN2O4. The number of amides is 2. The highest BCUT2D eigenvalue weighted by Gasteiger charge is 2.35. The Morgan fingerprint density at radius 2 is 2.08 bits per heavy atom. The first-order valence-electron chi connectivity index (χ1n) is 8.76. The summed E-state index contributed by atoms with van der Waals surface area (Å²) in [5.41, 5.74) is 0.420. The summed E-state index contributed by atoms with van der Waals surface area (Å²) < 4.78 is 14.2. The summed E-state index contributed by atoms with van der Waals surface area (Å²) in [5.74, 6) is -1.44. The molecule has 0 spiro atoms. The number of carbonyl (C=O) groups is 2. The van der Waals surface area contributed by atoms with Gasteiger partial charge in [-0.25, -0.2) is 9.18 Å². The van der Waals surface area contributed by atoms with E-state index in [2.05, 4.69) is 5.32 Å². The van der Waals surface area contributed by atoms with Crippen molar-refractivity contribution in [1.29, 1.82) is 0 Å². The smallest absolute Gasteiger partial charge is 0.404 e. The van der Waals surface area contributed by atoms with Gasteiger partial charge in [0.2, 0.25) is 0 Å². The second-order valence-corrected chi connectivity index (χ2v) is 7.67. The van der Waals surface area contributed by atoms with E-state index in [0.29, 0.717) is 30.5 Å². The zero-order valence-electron chi connectivity index (χ0n) is 14.5. The standard InChI is InChI=1S/C18H22ClFN2O4/c1-9(21-18(25)26)11-4-2-10(3-5-11)7-22-8-12-6-13(19)16(23)15(20)14(12)17(22)24/h6,9-11,21,23H,2-5,7-8H2,1H3,(H,25,26)/t9?,10-,11-. The van der Waals surface area contributed by atoms with E-state index in [9.17, 15) is 19.1 Å². The number of carbonyl (C=O) groups excluding carboxylic acids is 1. The van der Waals surface area contributed by atoms with Crippen LogP contribution in [0.1, 0.15) is 48.5 Å². The van der Waals surface area contributed by atoms with Crippen LogP contribution in [0, 0.1) is 17.7 Å². The maximum atomic E-state index is 14.2. The van der Waals surface area contributed by atoms with E-state index in [-0.39, 0.29) is 16.6 Å². The average molecular weight is 385 g/mol. The number of fused-ring (bicyclic) bond motifs is 1. The maximum absolute atomic E-state index is 14.2. The summed E-state index contributed by atoms with van der Waals surface area (Å²) >= 11 is 5.80. The molecule has 1 aromatic rings. The largest absolute Gasteiger partial charge is 0.504 e. The monoisotopic (exact) mass is 384 g/mol. The molecule has 0 aromatic heterocycles. The van der Waals surface area contributed by atoms with Crippen LogP contribution in [-0.2, 0) is 6.54 Å². The Balaban J connectivity index is 1.59. The van der Waals surface area contributed by atoms with Crippen molar-refractivity contribution in [3.05, 3.63) is 28.0 Å². The molecule has 1 aliphatic heterocycles. The molecule has 1 aromatic carbocycles. The Morgan fingerprint density at radius 3 is 2.69 bits per heavy atom. The van der Waals surface area contributed by atoms with Crippen molar-refractivity contribution in [2.45, 2.75) is 45.2 Å². The SMILES string of the molecule is CC(NC(=O)O)[C@H]1CC[C@H](CN2Cc3cc(Cl)c(O)c(F)c3C2=O)CC1. The summed E-state index contributed by atoms with van der Waals surface area (Å²) in [6.45, 7) is 2.69. The van der Waals surface area contributed by atoms with Crippen LogP contribution >= 0.6 is 11.6 Å². The Morgan fingerprint density at radius 1 is 1.42 bits per heavy atom. The predicted octanol–water partition coefficient (Wildman–Crippen LogP) is 3.60. The molecule has 1 fully saturated rings. The minimum Gasteiger partial charge on any atom is -0.504 e. The van der Waals surface area contributed by atoms with Crippen molar-refractivity contribution in [1.82, 2.24) is 10.2 Å².